The number of hydrogen-bond acceptors (Lipinski definition) is 2. The molecule has 0 fully saturated rings. The largest absolute Gasteiger partial charge is 0.310 e. The van der Waals surface area contributed by atoms with Gasteiger partial charge in [0.05, 0.1) is 5.02 Å². The Morgan fingerprint density at radius 1 is 1.20 bits per heavy atom. The molecule has 104 valence electrons. The molecule has 0 aliphatic rings. The second-order valence-corrected chi connectivity index (χ2v) is 5.80. The second kappa shape index (κ2) is 6.06. The number of amides is 1. The van der Waals surface area contributed by atoms with Crippen molar-refractivity contribution in [2.75, 3.05) is 5.32 Å². The van der Waals surface area contributed by atoms with Gasteiger partial charge < -0.3 is 5.32 Å². The third kappa shape index (κ3) is 3.81. The number of rotatable bonds is 4. The van der Waals surface area contributed by atoms with Crippen LogP contribution in [0.15, 0.2) is 48.7 Å². The zero-order valence-electron chi connectivity index (χ0n) is 11.6. The van der Waals surface area contributed by atoms with E-state index >= 15 is 0 Å². The van der Waals surface area contributed by atoms with Gasteiger partial charge in [0.1, 0.15) is 5.82 Å². The van der Waals surface area contributed by atoms with E-state index in [4.69, 9.17) is 11.6 Å². The summed E-state index contributed by atoms with van der Waals surface area (Å²) >= 11 is 5.77. The highest BCUT2D eigenvalue weighted by Crippen LogP contribution is 2.24. The Bertz CT molecular complexity index is 579. The van der Waals surface area contributed by atoms with Crippen LogP contribution in [0.5, 0.6) is 0 Å². The highest BCUT2D eigenvalue weighted by Gasteiger charge is 2.28. The molecule has 0 saturated carbocycles. The van der Waals surface area contributed by atoms with Crippen LogP contribution < -0.4 is 5.32 Å². The Morgan fingerprint density at radius 3 is 2.50 bits per heavy atom. The van der Waals surface area contributed by atoms with Gasteiger partial charge in [-0.05, 0) is 24.1 Å². The fourth-order valence-electron chi connectivity index (χ4n) is 1.92. The summed E-state index contributed by atoms with van der Waals surface area (Å²) in [6.45, 7) is 3.84. The molecule has 2 aromatic rings. The summed E-state index contributed by atoms with van der Waals surface area (Å²) in [4.78, 5) is 16.4. The van der Waals surface area contributed by atoms with Gasteiger partial charge in [-0.3, -0.25) is 4.79 Å². The fraction of sp³-hybridized carbons (Fsp3) is 0.250. The Kier molecular flexibility index (Phi) is 4.40. The minimum atomic E-state index is -0.511. The number of hydrogen-bond donors (Lipinski definition) is 1. The Balaban J connectivity index is 2.05. The summed E-state index contributed by atoms with van der Waals surface area (Å²) in [5.41, 5.74) is 0.625. The molecule has 0 unspecified atom stereocenters. The lowest BCUT2D eigenvalue weighted by Gasteiger charge is -2.23. The van der Waals surface area contributed by atoms with E-state index < -0.39 is 5.41 Å². The van der Waals surface area contributed by atoms with Crippen LogP contribution in [-0.4, -0.2) is 10.9 Å². The molecule has 1 amide bonds. The molecule has 0 aliphatic heterocycles. The predicted octanol–water partition coefficient (Wildman–Crippen LogP) is 3.94. The molecular formula is C16H17ClN2O. The van der Waals surface area contributed by atoms with Gasteiger partial charge in [-0.2, -0.15) is 0 Å². The Morgan fingerprint density at radius 2 is 1.90 bits per heavy atom. The number of pyridine rings is 1. The van der Waals surface area contributed by atoms with E-state index in [9.17, 15) is 4.79 Å². The van der Waals surface area contributed by atoms with E-state index in [1.54, 1.807) is 12.1 Å². The average molecular weight is 289 g/mol. The molecule has 1 aromatic heterocycles. The van der Waals surface area contributed by atoms with Gasteiger partial charge in [-0.15, -0.1) is 0 Å². The quantitative estimate of drug-likeness (QED) is 0.926. The Hall–Kier alpha value is -1.87. The van der Waals surface area contributed by atoms with Crippen molar-refractivity contribution in [2.45, 2.75) is 20.3 Å². The molecule has 0 saturated heterocycles. The zero-order valence-corrected chi connectivity index (χ0v) is 12.3. The molecule has 4 heteroatoms. The van der Waals surface area contributed by atoms with Gasteiger partial charge in [0, 0.05) is 11.6 Å². The minimum absolute atomic E-state index is 0.0591. The van der Waals surface area contributed by atoms with Crippen LogP contribution in [0.1, 0.15) is 19.4 Å². The van der Waals surface area contributed by atoms with Crippen molar-refractivity contribution >= 4 is 23.3 Å². The van der Waals surface area contributed by atoms with Crippen LogP contribution in [0.2, 0.25) is 5.02 Å². The van der Waals surface area contributed by atoms with Crippen molar-refractivity contribution in [3.63, 3.8) is 0 Å². The molecule has 1 heterocycles. The number of nitrogens with zero attached hydrogens (tertiary/aromatic N) is 1. The summed E-state index contributed by atoms with van der Waals surface area (Å²) in [6.07, 6.45) is 2.19. The predicted molar refractivity (Wildman–Crippen MR) is 81.8 cm³/mol. The summed E-state index contributed by atoms with van der Waals surface area (Å²) in [5, 5.41) is 3.37. The number of anilines is 1. The number of carbonyl (C=O) groups is 1. The summed E-state index contributed by atoms with van der Waals surface area (Å²) in [5.74, 6) is 0.455. The first-order chi connectivity index (χ1) is 9.47. The first-order valence-corrected chi connectivity index (χ1v) is 6.82. The van der Waals surface area contributed by atoms with E-state index in [2.05, 4.69) is 10.3 Å². The lowest BCUT2D eigenvalue weighted by atomic mass is 9.85. The molecule has 0 bridgehead atoms. The molecular weight excluding hydrogens is 272 g/mol. The van der Waals surface area contributed by atoms with E-state index in [0.717, 1.165) is 5.56 Å². The van der Waals surface area contributed by atoms with Crippen LogP contribution in [0, 0.1) is 5.41 Å². The molecule has 1 N–H and O–H groups in total. The molecule has 1 aromatic carbocycles. The molecule has 0 spiro atoms. The van der Waals surface area contributed by atoms with E-state index in [1.807, 2.05) is 44.2 Å². The third-order valence-electron chi connectivity index (χ3n) is 3.07. The van der Waals surface area contributed by atoms with Crippen LogP contribution in [0.3, 0.4) is 0 Å². The second-order valence-electron chi connectivity index (χ2n) is 5.36. The average Bonchev–Trinajstić information content (AvgIpc) is 2.42. The normalized spacial score (nSPS) is 11.2. The van der Waals surface area contributed by atoms with E-state index in [1.165, 1.54) is 6.20 Å². The lowest BCUT2D eigenvalue weighted by Crippen LogP contribution is -2.33. The van der Waals surface area contributed by atoms with Crippen molar-refractivity contribution in [1.82, 2.24) is 4.98 Å². The highest BCUT2D eigenvalue weighted by atomic mass is 35.5. The standard InChI is InChI=1S/C16H17ClN2O/c1-16(2,10-12-6-4-3-5-7-12)15(20)19-14-9-8-13(17)11-18-14/h3-9,11H,10H2,1-2H3,(H,18,19,20). The maximum atomic E-state index is 12.3. The van der Waals surface area contributed by atoms with Crippen molar-refractivity contribution in [3.05, 3.63) is 59.2 Å². The third-order valence-corrected chi connectivity index (χ3v) is 3.30. The maximum absolute atomic E-state index is 12.3. The number of halogens is 1. The highest BCUT2D eigenvalue weighted by molar-refractivity contribution is 6.30. The summed E-state index contributed by atoms with van der Waals surface area (Å²) in [6, 6.07) is 13.4. The summed E-state index contributed by atoms with van der Waals surface area (Å²) < 4.78 is 0. The van der Waals surface area contributed by atoms with Crippen molar-refractivity contribution in [2.24, 2.45) is 5.41 Å². The SMILES string of the molecule is CC(C)(Cc1ccccc1)C(=O)Nc1ccc(Cl)cn1. The molecule has 20 heavy (non-hydrogen) atoms. The maximum Gasteiger partial charge on any atom is 0.231 e. The van der Waals surface area contributed by atoms with Crippen molar-refractivity contribution in [3.8, 4) is 0 Å². The fourth-order valence-corrected chi connectivity index (χ4v) is 2.03. The van der Waals surface area contributed by atoms with Crippen LogP contribution in [-0.2, 0) is 11.2 Å². The van der Waals surface area contributed by atoms with Crippen LogP contribution in [0.25, 0.3) is 0 Å². The Labute approximate surface area is 124 Å². The number of carbonyl (C=O) groups excluding carboxylic acids is 1. The van der Waals surface area contributed by atoms with Gasteiger partial charge in [0.2, 0.25) is 5.91 Å². The van der Waals surface area contributed by atoms with E-state index in [-0.39, 0.29) is 5.91 Å². The van der Waals surface area contributed by atoms with Gasteiger partial charge in [-0.1, -0.05) is 55.8 Å². The van der Waals surface area contributed by atoms with Crippen LogP contribution >= 0.6 is 11.6 Å². The van der Waals surface area contributed by atoms with Crippen molar-refractivity contribution in [1.29, 1.82) is 0 Å². The first kappa shape index (κ1) is 14.5. The van der Waals surface area contributed by atoms with Gasteiger partial charge >= 0.3 is 0 Å². The minimum Gasteiger partial charge on any atom is -0.310 e. The number of nitrogens with one attached hydrogen (secondary N) is 1. The molecule has 0 aliphatic carbocycles. The molecule has 3 nitrogen and oxygen atoms in total. The zero-order chi connectivity index (χ0) is 14.6. The molecule has 2 rings (SSSR count). The first-order valence-electron chi connectivity index (χ1n) is 6.44. The van der Waals surface area contributed by atoms with E-state index in [0.29, 0.717) is 17.3 Å². The van der Waals surface area contributed by atoms with Gasteiger partial charge in [-0.25, -0.2) is 4.98 Å². The van der Waals surface area contributed by atoms with Crippen molar-refractivity contribution < 1.29 is 4.79 Å². The molecule has 0 atom stereocenters. The monoisotopic (exact) mass is 288 g/mol. The smallest absolute Gasteiger partial charge is 0.231 e. The summed E-state index contributed by atoms with van der Waals surface area (Å²) in [7, 11) is 0. The number of aromatic nitrogens is 1. The number of benzene rings is 1. The lowest BCUT2D eigenvalue weighted by molar-refractivity contribution is -0.123. The van der Waals surface area contributed by atoms with Gasteiger partial charge in [0.25, 0.3) is 0 Å². The molecule has 0 radical (unpaired) electrons. The van der Waals surface area contributed by atoms with Gasteiger partial charge in [0.15, 0.2) is 0 Å². The van der Waals surface area contributed by atoms with Crippen LogP contribution in [0.4, 0.5) is 5.82 Å². The topological polar surface area (TPSA) is 42.0 Å².